The third kappa shape index (κ3) is 4.65. The molecule has 1 unspecified atom stereocenters. The maximum atomic E-state index is 11.4. The molecule has 1 atom stereocenters. The maximum Gasteiger partial charge on any atom is 0.127 e. The Morgan fingerprint density at radius 3 is 2.05 bits per heavy atom. The summed E-state index contributed by atoms with van der Waals surface area (Å²) in [6.07, 6.45) is 3.13. The van der Waals surface area contributed by atoms with Crippen LogP contribution in [-0.4, -0.2) is 20.4 Å². The molecule has 0 heterocycles. The Labute approximate surface area is 214 Å². The van der Waals surface area contributed by atoms with Crippen LogP contribution in [0.25, 0.3) is 34.6 Å². The van der Waals surface area contributed by atoms with E-state index in [4.69, 9.17) is 0 Å². The van der Waals surface area contributed by atoms with E-state index in [2.05, 4.69) is 6.58 Å². The van der Waals surface area contributed by atoms with Gasteiger partial charge in [0, 0.05) is 21.6 Å². The van der Waals surface area contributed by atoms with Gasteiger partial charge in [0.25, 0.3) is 0 Å². The van der Waals surface area contributed by atoms with Gasteiger partial charge in [-0.2, -0.15) is 0 Å². The van der Waals surface area contributed by atoms with Gasteiger partial charge in [0.05, 0.1) is 5.92 Å². The molecule has 0 spiro atoms. The number of aliphatic hydroxyl groups excluding tert-OH is 1. The highest BCUT2D eigenvalue weighted by molar-refractivity contribution is 5.94. The zero-order valence-corrected chi connectivity index (χ0v) is 20.0. The molecule has 0 amide bonds. The quantitative estimate of drug-likeness (QED) is 0.227. The molecule has 0 aliphatic carbocycles. The third-order valence-electron chi connectivity index (χ3n) is 6.59. The fraction of sp³-hybridized carbons (Fsp3) is 0.0303. The van der Waals surface area contributed by atoms with Crippen LogP contribution < -0.4 is 10.4 Å². The highest BCUT2D eigenvalue weighted by Gasteiger charge is 2.23. The smallest absolute Gasteiger partial charge is 0.127 e. The van der Waals surface area contributed by atoms with Crippen LogP contribution >= 0.6 is 0 Å². The van der Waals surface area contributed by atoms with Gasteiger partial charge in [-0.15, -0.1) is 0 Å². The standard InChI is InChI=1S/C33H26O4/c1-21-7-5-11-29(34)25(21)19-20-31(36)32(24-15-13-23(14-16-24)22-8-3-2-4-9-22)28-18-17-26-27(33(28)37)10-6-12-30(26)35/h2-20,32,34-37H,1H2/b25-19+,31-20-. The summed E-state index contributed by atoms with van der Waals surface area (Å²) in [4.78, 5) is 0. The van der Waals surface area contributed by atoms with Gasteiger partial charge in [-0.25, -0.2) is 0 Å². The van der Waals surface area contributed by atoms with Crippen molar-refractivity contribution in [3.63, 3.8) is 0 Å². The van der Waals surface area contributed by atoms with Crippen molar-refractivity contribution in [1.29, 1.82) is 0 Å². The fourth-order valence-electron chi connectivity index (χ4n) is 4.64. The Bertz CT molecular complexity index is 1720. The van der Waals surface area contributed by atoms with Crippen molar-refractivity contribution in [2.24, 2.45) is 0 Å². The Balaban J connectivity index is 1.67. The van der Waals surface area contributed by atoms with Gasteiger partial charge in [-0.1, -0.05) is 97.6 Å². The predicted molar refractivity (Wildman–Crippen MR) is 149 cm³/mol. The Kier molecular flexibility index (Phi) is 6.40. The summed E-state index contributed by atoms with van der Waals surface area (Å²) in [5.74, 6) is -0.620. The summed E-state index contributed by atoms with van der Waals surface area (Å²) >= 11 is 0. The van der Waals surface area contributed by atoms with Crippen molar-refractivity contribution in [2.75, 3.05) is 0 Å². The molecule has 37 heavy (non-hydrogen) atoms. The molecule has 0 saturated carbocycles. The molecule has 0 radical (unpaired) electrons. The summed E-state index contributed by atoms with van der Waals surface area (Å²) in [6.45, 7) is 3.95. The molecule has 4 nitrogen and oxygen atoms in total. The van der Waals surface area contributed by atoms with Gasteiger partial charge in [0.1, 0.15) is 23.0 Å². The van der Waals surface area contributed by atoms with E-state index in [1.807, 2.05) is 54.6 Å². The van der Waals surface area contributed by atoms with Gasteiger partial charge < -0.3 is 20.4 Å². The summed E-state index contributed by atoms with van der Waals surface area (Å²) in [7, 11) is 0. The lowest BCUT2D eigenvalue weighted by Gasteiger charge is -2.20. The number of benzene rings is 5. The summed E-state index contributed by atoms with van der Waals surface area (Å²) < 4.78 is 0. The molecule has 0 aromatic heterocycles. The van der Waals surface area contributed by atoms with Gasteiger partial charge in [0.2, 0.25) is 0 Å². The van der Waals surface area contributed by atoms with Gasteiger partial charge in [0.15, 0.2) is 0 Å². The first-order valence-corrected chi connectivity index (χ1v) is 11.9. The van der Waals surface area contributed by atoms with Crippen LogP contribution in [0.2, 0.25) is 0 Å². The zero-order chi connectivity index (χ0) is 25.9. The molecule has 5 aromatic rings. The first-order valence-electron chi connectivity index (χ1n) is 11.9. The van der Waals surface area contributed by atoms with E-state index in [0.717, 1.165) is 16.7 Å². The Hall–Kier alpha value is -4.96. The molecule has 5 aromatic carbocycles. The van der Waals surface area contributed by atoms with Gasteiger partial charge in [-0.3, -0.25) is 0 Å². The number of allylic oxidation sites excluding steroid dienone is 2. The monoisotopic (exact) mass is 486 g/mol. The molecule has 182 valence electrons. The molecule has 0 aliphatic rings. The van der Waals surface area contributed by atoms with Gasteiger partial charge in [-0.05, 0) is 46.2 Å². The minimum absolute atomic E-state index is 0.0223. The summed E-state index contributed by atoms with van der Waals surface area (Å²) in [5.41, 5.74) is 3.36. The highest BCUT2D eigenvalue weighted by atomic mass is 16.3. The second-order valence-corrected chi connectivity index (χ2v) is 8.90. The van der Waals surface area contributed by atoms with Crippen molar-refractivity contribution in [3.05, 3.63) is 137 Å². The van der Waals surface area contributed by atoms with Crippen LogP contribution in [0.5, 0.6) is 17.2 Å². The number of aliphatic hydroxyl groups is 1. The molecule has 4 N–H and O–H groups in total. The predicted octanol–water partition coefficient (Wildman–Crippen LogP) is 6.09. The SMILES string of the molecule is C=c1cccc(O)/c1=C/C=C(\O)C(c1ccc(-c2ccccc2)cc1)c1ccc2c(O)cccc2c1O. The lowest BCUT2D eigenvalue weighted by molar-refractivity contribution is 0.377. The molecule has 0 bridgehead atoms. The molecule has 0 aliphatic heterocycles. The van der Waals surface area contributed by atoms with Crippen molar-refractivity contribution >= 4 is 23.4 Å². The van der Waals surface area contributed by atoms with E-state index < -0.39 is 5.92 Å². The molecule has 5 rings (SSSR count). The van der Waals surface area contributed by atoms with Crippen molar-refractivity contribution in [2.45, 2.75) is 5.92 Å². The molecular weight excluding hydrogens is 460 g/mol. The molecule has 4 heteroatoms. The highest BCUT2D eigenvalue weighted by Crippen LogP contribution is 2.41. The minimum atomic E-state index is -0.702. The first kappa shape index (κ1) is 23.8. The van der Waals surface area contributed by atoms with Crippen molar-refractivity contribution in [1.82, 2.24) is 0 Å². The average Bonchev–Trinajstić information content (AvgIpc) is 2.91. The number of fused-ring (bicyclic) bond motifs is 1. The van der Waals surface area contributed by atoms with Crippen molar-refractivity contribution in [3.8, 4) is 28.4 Å². The van der Waals surface area contributed by atoms with Crippen molar-refractivity contribution < 1.29 is 20.4 Å². The van der Waals surface area contributed by atoms with E-state index in [9.17, 15) is 20.4 Å². The number of phenolic OH excluding ortho intramolecular Hbond substituents is 3. The van der Waals surface area contributed by atoms with Crippen LogP contribution in [0.4, 0.5) is 0 Å². The number of phenols is 3. The van der Waals surface area contributed by atoms with E-state index in [1.165, 1.54) is 6.08 Å². The van der Waals surface area contributed by atoms with E-state index in [1.54, 1.807) is 54.6 Å². The summed E-state index contributed by atoms with van der Waals surface area (Å²) in [5, 5.41) is 45.2. The third-order valence-corrected chi connectivity index (χ3v) is 6.59. The molecule has 0 fully saturated rings. The Morgan fingerprint density at radius 1 is 0.649 bits per heavy atom. The lowest BCUT2D eigenvalue weighted by Crippen LogP contribution is -2.22. The van der Waals surface area contributed by atoms with Gasteiger partial charge >= 0.3 is 0 Å². The van der Waals surface area contributed by atoms with E-state index in [-0.39, 0.29) is 23.0 Å². The lowest BCUT2D eigenvalue weighted by atomic mass is 9.86. The van der Waals surface area contributed by atoms with E-state index in [0.29, 0.717) is 26.8 Å². The molecule has 0 saturated heterocycles. The number of rotatable bonds is 5. The zero-order valence-electron chi connectivity index (χ0n) is 20.0. The maximum absolute atomic E-state index is 11.4. The van der Waals surface area contributed by atoms with Crippen LogP contribution in [0.1, 0.15) is 17.0 Å². The largest absolute Gasteiger partial charge is 0.511 e. The average molecular weight is 487 g/mol. The van der Waals surface area contributed by atoms with E-state index >= 15 is 0 Å². The molecular formula is C33H26O4. The number of hydrogen-bond donors (Lipinski definition) is 4. The second kappa shape index (κ2) is 9.96. The first-order chi connectivity index (χ1) is 17.9. The topological polar surface area (TPSA) is 80.9 Å². The van der Waals surface area contributed by atoms with Crippen LogP contribution in [0.3, 0.4) is 0 Å². The number of aromatic hydroxyl groups is 3. The minimum Gasteiger partial charge on any atom is -0.511 e. The van der Waals surface area contributed by atoms with Crippen LogP contribution in [-0.2, 0) is 0 Å². The number of hydrogen-bond acceptors (Lipinski definition) is 4. The van der Waals surface area contributed by atoms with Crippen LogP contribution in [0.15, 0.2) is 115 Å². The Morgan fingerprint density at radius 2 is 1.32 bits per heavy atom. The normalized spacial score (nSPS) is 13.1. The fourth-order valence-corrected chi connectivity index (χ4v) is 4.64. The summed E-state index contributed by atoms with van der Waals surface area (Å²) in [6, 6.07) is 31.3. The second-order valence-electron chi connectivity index (χ2n) is 8.90. The van der Waals surface area contributed by atoms with Crippen LogP contribution in [0, 0.1) is 0 Å².